The molecule has 126 valence electrons. The SMILES string of the molecule is CC(C)NC(=O)N1CCOC2(CCCN(c3cccnc3)C2)C1. The van der Waals surface area contributed by atoms with Gasteiger partial charge in [-0.1, -0.05) is 0 Å². The number of amides is 2. The highest BCUT2D eigenvalue weighted by atomic mass is 16.5. The fourth-order valence-corrected chi connectivity index (χ4v) is 3.46. The quantitative estimate of drug-likeness (QED) is 0.904. The van der Waals surface area contributed by atoms with E-state index in [1.54, 1.807) is 6.20 Å². The van der Waals surface area contributed by atoms with Crippen molar-refractivity contribution in [1.29, 1.82) is 0 Å². The van der Waals surface area contributed by atoms with E-state index in [2.05, 4.69) is 21.3 Å². The van der Waals surface area contributed by atoms with Crippen LogP contribution in [-0.4, -0.2) is 60.3 Å². The molecule has 2 fully saturated rings. The molecule has 6 heteroatoms. The van der Waals surface area contributed by atoms with Crippen molar-refractivity contribution in [2.75, 3.05) is 37.7 Å². The van der Waals surface area contributed by atoms with E-state index in [1.165, 1.54) is 0 Å². The molecule has 0 bridgehead atoms. The minimum absolute atomic E-state index is 0.0150. The Kier molecular flexibility index (Phi) is 4.71. The minimum atomic E-state index is -0.263. The normalized spacial score (nSPS) is 25.0. The summed E-state index contributed by atoms with van der Waals surface area (Å²) in [6.45, 7) is 7.71. The van der Waals surface area contributed by atoms with Gasteiger partial charge < -0.3 is 19.9 Å². The molecular formula is C17H26N4O2. The van der Waals surface area contributed by atoms with Gasteiger partial charge in [0.05, 0.1) is 25.0 Å². The first-order chi connectivity index (χ1) is 11.1. The Bertz CT molecular complexity index is 533. The summed E-state index contributed by atoms with van der Waals surface area (Å²) in [5.41, 5.74) is 0.861. The van der Waals surface area contributed by atoms with Gasteiger partial charge in [0.15, 0.2) is 0 Å². The van der Waals surface area contributed by atoms with Crippen LogP contribution >= 0.6 is 0 Å². The Morgan fingerprint density at radius 3 is 3.00 bits per heavy atom. The lowest BCUT2D eigenvalue weighted by Gasteiger charge is -2.48. The molecule has 1 spiro atoms. The molecule has 2 amide bonds. The molecule has 23 heavy (non-hydrogen) atoms. The zero-order valence-electron chi connectivity index (χ0n) is 14.0. The number of pyridine rings is 1. The van der Waals surface area contributed by atoms with Gasteiger partial charge in [0.1, 0.15) is 5.60 Å². The predicted octanol–water partition coefficient (Wildman–Crippen LogP) is 1.87. The van der Waals surface area contributed by atoms with Gasteiger partial charge in [0, 0.05) is 31.9 Å². The van der Waals surface area contributed by atoms with E-state index in [4.69, 9.17) is 4.74 Å². The van der Waals surface area contributed by atoms with Gasteiger partial charge in [0.25, 0.3) is 0 Å². The van der Waals surface area contributed by atoms with Gasteiger partial charge in [-0.15, -0.1) is 0 Å². The second-order valence-corrected chi connectivity index (χ2v) is 6.79. The van der Waals surface area contributed by atoms with Crippen LogP contribution in [0.25, 0.3) is 0 Å². The van der Waals surface area contributed by atoms with Crippen molar-refractivity contribution >= 4 is 11.7 Å². The first-order valence-electron chi connectivity index (χ1n) is 8.42. The van der Waals surface area contributed by atoms with Crippen LogP contribution in [-0.2, 0) is 4.74 Å². The van der Waals surface area contributed by atoms with Crippen LogP contribution in [0.3, 0.4) is 0 Å². The molecule has 1 aromatic rings. The topological polar surface area (TPSA) is 57.7 Å². The minimum Gasteiger partial charge on any atom is -0.369 e. The smallest absolute Gasteiger partial charge is 0.317 e. The monoisotopic (exact) mass is 318 g/mol. The number of nitrogens with zero attached hydrogens (tertiary/aromatic N) is 3. The van der Waals surface area contributed by atoms with E-state index < -0.39 is 0 Å². The first kappa shape index (κ1) is 16.1. The maximum absolute atomic E-state index is 12.3. The van der Waals surface area contributed by atoms with E-state index in [1.807, 2.05) is 31.0 Å². The molecule has 2 saturated heterocycles. The molecule has 6 nitrogen and oxygen atoms in total. The largest absolute Gasteiger partial charge is 0.369 e. The molecule has 0 saturated carbocycles. The highest BCUT2D eigenvalue weighted by Gasteiger charge is 2.42. The standard InChI is InChI=1S/C17H26N4O2/c1-14(2)19-16(22)21-9-10-23-17(13-21)6-4-8-20(12-17)15-5-3-7-18-11-15/h3,5,7,11,14H,4,6,8-10,12-13H2,1-2H3,(H,19,22). The van der Waals surface area contributed by atoms with Gasteiger partial charge in [-0.2, -0.15) is 0 Å². The maximum Gasteiger partial charge on any atom is 0.317 e. The number of nitrogens with one attached hydrogen (secondary N) is 1. The summed E-state index contributed by atoms with van der Waals surface area (Å²) in [4.78, 5) is 20.8. The summed E-state index contributed by atoms with van der Waals surface area (Å²) in [6.07, 6.45) is 5.74. The van der Waals surface area contributed by atoms with Gasteiger partial charge in [0.2, 0.25) is 0 Å². The third-order valence-corrected chi connectivity index (χ3v) is 4.50. The number of rotatable bonds is 2. The lowest BCUT2D eigenvalue weighted by atomic mass is 9.90. The van der Waals surface area contributed by atoms with E-state index >= 15 is 0 Å². The summed E-state index contributed by atoms with van der Waals surface area (Å²) >= 11 is 0. The Morgan fingerprint density at radius 1 is 1.39 bits per heavy atom. The molecule has 2 aliphatic heterocycles. The number of anilines is 1. The number of aromatic nitrogens is 1. The summed E-state index contributed by atoms with van der Waals surface area (Å²) in [7, 11) is 0. The second-order valence-electron chi connectivity index (χ2n) is 6.79. The van der Waals surface area contributed by atoms with Crippen molar-refractivity contribution in [3.8, 4) is 0 Å². The summed E-state index contributed by atoms with van der Waals surface area (Å²) < 4.78 is 6.16. The molecule has 3 heterocycles. The Morgan fingerprint density at radius 2 is 2.26 bits per heavy atom. The number of hydrogen-bond acceptors (Lipinski definition) is 4. The van der Waals surface area contributed by atoms with Gasteiger partial charge in [-0.3, -0.25) is 4.98 Å². The van der Waals surface area contributed by atoms with Gasteiger partial charge >= 0.3 is 6.03 Å². The molecular weight excluding hydrogens is 292 g/mol. The maximum atomic E-state index is 12.3. The Hall–Kier alpha value is -1.82. The molecule has 0 radical (unpaired) electrons. The Balaban J connectivity index is 1.69. The second kappa shape index (κ2) is 6.74. The highest BCUT2D eigenvalue weighted by Crippen LogP contribution is 2.31. The van der Waals surface area contributed by atoms with Crippen LogP contribution in [0.15, 0.2) is 24.5 Å². The molecule has 1 atom stereocenters. The number of hydrogen-bond donors (Lipinski definition) is 1. The summed E-state index contributed by atoms with van der Waals surface area (Å²) in [5, 5.41) is 2.99. The van der Waals surface area contributed by atoms with Crippen molar-refractivity contribution in [2.24, 2.45) is 0 Å². The zero-order valence-corrected chi connectivity index (χ0v) is 14.0. The van der Waals surface area contributed by atoms with Crippen LogP contribution in [0.1, 0.15) is 26.7 Å². The molecule has 1 unspecified atom stereocenters. The third-order valence-electron chi connectivity index (χ3n) is 4.50. The van der Waals surface area contributed by atoms with Crippen LogP contribution < -0.4 is 10.2 Å². The van der Waals surface area contributed by atoms with Crippen molar-refractivity contribution in [2.45, 2.75) is 38.3 Å². The number of ether oxygens (including phenoxy) is 1. The lowest BCUT2D eigenvalue weighted by molar-refractivity contribution is -0.103. The van der Waals surface area contributed by atoms with Gasteiger partial charge in [-0.05, 0) is 38.8 Å². The Labute approximate surface area is 137 Å². The number of carbonyl (C=O) groups excluding carboxylic acids is 1. The highest BCUT2D eigenvalue weighted by molar-refractivity contribution is 5.74. The first-order valence-corrected chi connectivity index (χ1v) is 8.42. The fourth-order valence-electron chi connectivity index (χ4n) is 3.46. The van der Waals surface area contributed by atoms with E-state index in [9.17, 15) is 4.79 Å². The summed E-state index contributed by atoms with van der Waals surface area (Å²) in [6, 6.07) is 4.21. The van der Waals surface area contributed by atoms with Crippen molar-refractivity contribution < 1.29 is 9.53 Å². The van der Waals surface area contributed by atoms with Crippen molar-refractivity contribution in [3.05, 3.63) is 24.5 Å². The lowest BCUT2D eigenvalue weighted by Crippen LogP contribution is -2.62. The van der Waals surface area contributed by atoms with Crippen LogP contribution in [0.2, 0.25) is 0 Å². The number of carbonyl (C=O) groups is 1. The van der Waals surface area contributed by atoms with Crippen LogP contribution in [0, 0.1) is 0 Å². The van der Waals surface area contributed by atoms with E-state index in [0.717, 1.165) is 31.6 Å². The van der Waals surface area contributed by atoms with Crippen LogP contribution in [0.5, 0.6) is 0 Å². The average molecular weight is 318 g/mol. The molecule has 1 N–H and O–H groups in total. The molecule has 0 aromatic carbocycles. The number of piperidine rings is 1. The van der Waals surface area contributed by atoms with Crippen molar-refractivity contribution in [3.63, 3.8) is 0 Å². The molecule has 3 rings (SSSR count). The fraction of sp³-hybridized carbons (Fsp3) is 0.647. The zero-order chi connectivity index (χ0) is 16.3. The number of urea groups is 1. The average Bonchev–Trinajstić information content (AvgIpc) is 2.55. The van der Waals surface area contributed by atoms with Crippen LogP contribution in [0.4, 0.5) is 10.5 Å². The predicted molar refractivity (Wildman–Crippen MR) is 89.6 cm³/mol. The van der Waals surface area contributed by atoms with E-state index in [0.29, 0.717) is 19.7 Å². The molecule has 1 aromatic heterocycles. The van der Waals surface area contributed by atoms with E-state index in [-0.39, 0.29) is 17.7 Å². The summed E-state index contributed by atoms with van der Waals surface area (Å²) in [5.74, 6) is 0. The third kappa shape index (κ3) is 3.75. The van der Waals surface area contributed by atoms with Crippen molar-refractivity contribution in [1.82, 2.24) is 15.2 Å². The number of morpholine rings is 1. The molecule has 0 aliphatic carbocycles. The van der Waals surface area contributed by atoms with Gasteiger partial charge in [-0.25, -0.2) is 4.79 Å². The molecule has 2 aliphatic rings.